The lowest BCUT2D eigenvalue weighted by Crippen LogP contribution is -2.35. The number of benzene rings is 2. The quantitative estimate of drug-likeness (QED) is 0.787. The van der Waals surface area contributed by atoms with Gasteiger partial charge >= 0.3 is 0 Å². The Bertz CT molecular complexity index is 583. The first-order chi connectivity index (χ1) is 11.2. The monoisotopic (exact) mass is 312 g/mol. The highest BCUT2D eigenvalue weighted by molar-refractivity contribution is 5.77. The Hall–Kier alpha value is -2.17. The van der Waals surface area contributed by atoms with Gasteiger partial charge in [0.1, 0.15) is 0 Å². The fraction of sp³-hybridized carbons (Fsp3) is 0.316. The molecule has 0 aromatic heterocycles. The molecule has 0 heterocycles. The largest absolute Gasteiger partial charge is 0.380 e. The van der Waals surface area contributed by atoms with E-state index in [9.17, 15) is 4.79 Å². The summed E-state index contributed by atoms with van der Waals surface area (Å²) >= 11 is 0. The van der Waals surface area contributed by atoms with Gasteiger partial charge in [-0.05, 0) is 17.5 Å². The number of carbonyl (C=O) groups is 1. The van der Waals surface area contributed by atoms with E-state index in [1.165, 1.54) is 5.56 Å². The molecule has 0 fully saturated rings. The number of ether oxygens (including phenoxy) is 1. The molecule has 23 heavy (non-hydrogen) atoms. The first kappa shape index (κ1) is 17.2. The summed E-state index contributed by atoms with van der Waals surface area (Å²) in [4.78, 5) is 12.3. The number of hydrogen-bond acceptors (Lipinski definition) is 3. The molecule has 0 saturated heterocycles. The van der Waals surface area contributed by atoms with Crippen LogP contribution in [-0.4, -0.2) is 25.7 Å². The first-order valence-electron chi connectivity index (χ1n) is 7.84. The van der Waals surface area contributed by atoms with E-state index in [1.807, 2.05) is 48.5 Å². The van der Waals surface area contributed by atoms with Crippen LogP contribution in [0.2, 0.25) is 0 Å². The fourth-order valence-corrected chi connectivity index (χ4v) is 2.51. The van der Waals surface area contributed by atoms with Crippen molar-refractivity contribution in [3.05, 3.63) is 71.8 Å². The van der Waals surface area contributed by atoms with Crippen molar-refractivity contribution in [1.82, 2.24) is 5.32 Å². The van der Waals surface area contributed by atoms with Gasteiger partial charge in [-0.25, -0.2) is 0 Å². The van der Waals surface area contributed by atoms with Crippen LogP contribution in [0.25, 0.3) is 0 Å². The second kappa shape index (κ2) is 9.08. The third kappa shape index (κ3) is 5.51. The number of methoxy groups -OCH3 is 1. The van der Waals surface area contributed by atoms with Gasteiger partial charge in [-0.1, -0.05) is 60.7 Å². The van der Waals surface area contributed by atoms with Crippen molar-refractivity contribution in [1.29, 1.82) is 0 Å². The van der Waals surface area contributed by atoms with Crippen molar-refractivity contribution in [2.24, 2.45) is 5.73 Å². The van der Waals surface area contributed by atoms with Gasteiger partial charge in [-0.3, -0.25) is 4.79 Å². The van der Waals surface area contributed by atoms with Gasteiger partial charge in [0.2, 0.25) is 5.91 Å². The highest BCUT2D eigenvalue weighted by Gasteiger charge is 2.18. The highest BCUT2D eigenvalue weighted by Crippen LogP contribution is 2.18. The van der Waals surface area contributed by atoms with Crippen LogP contribution < -0.4 is 11.1 Å². The Morgan fingerprint density at radius 1 is 1.09 bits per heavy atom. The summed E-state index contributed by atoms with van der Waals surface area (Å²) in [7, 11) is 1.57. The van der Waals surface area contributed by atoms with Gasteiger partial charge < -0.3 is 15.8 Å². The first-order valence-corrected chi connectivity index (χ1v) is 7.84. The molecule has 2 aromatic rings. The summed E-state index contributed by atoms with van der Waals surface area (Å²) < 4.78 is 5.19. The Kier molecular flexibility index (Phi) is 6.78. The van der Waals surface area contributed by atoms with Crippen LogP contribution in [0, 0.1) is 0 Å². The number of amides is 1. The lowest BCUT2D eigenvalue weighted by atomic mass is 9.98. The standard InChI is InChI=1S/C19H24N2O2/c1-23-17(14-20)13-19(22)21-18(16-10-6-3-7-11-16)12-15-8-4-2-5-9-15/h2-11,17-18H,12-14,20H2,1H3,(H,21,22). The zero-order valence-corrected chi connectivity index (χ0v) is 13.4. The summed E-state index contributed by atoms with van der Waals surface area (Å²) in [6.45, 7) is 0.332. The summed E-state index contributed by atoms with van der Waals surface area (Å²) in [5.41, 5.74) is 7.87. The van der Waals surface area contributed by atoms with Gasteiger partial charge in [0.15, 0.2) is 0 Å². The molecule has 2 atom stereocenters. The number of nitrogens with one attached hydrogen (secondary N) is 1. The number of rotatable bonds is 8. The zero-order valence-electron chi connectivity index (χ0n) is 13.4. The Morgan fingerprint density at radius 3 is 2.26 bits per heavy atom. The summed E-state index contributed by atoms with van der Waals surface area (Å²) in [5.74, 6) is -0.0490. The predicted octanol–water partition coefficient (Wildman–Crippen LogP) is 2.45. The molecule has 0 radical (unpaired) electrons. The van der Waals surface area contributed by atoms with E-state index in [-0.39, 0.29) is 24.5 Å². The Labute approximate surface area is 137 Å². The Morgan fingerprint density at radius 2 is 1.70 bits per heavy atom. The van der Waals surface area contributed by atoms with Gasteiger partial charge in [-0.15, -0.1) is 0 Å². The van der Waals surface area contributed by atoms with Crippen LogP contribution in [0.1, 0.15) is 23.6 Å². The van der Waals surface area contributed by atoms with Crippen molar-refractivity contribution in [3.63, 3.8) is 0 Å². The molecule has 2 aromatic carbocycles. The predicted molar refractivity (Wildman–Crippen MR) is 91.9 cm³/mol. The topological polar surface area (TPSA) is 64.3 Å². The lowest BCUT2D eigenvalue weighted by molar-refractivity contribution is -0.124. The molecule has 1 amide bonds. The van der Waals surface area contributed by atoms with Crippen LogP contribution in [0.4, 0.5) is 0 Å². The van der Waals surface area contributed by atoms with Crippen molar-refractivity contribution in [3.8, 4) is 0 Å². The van der Waals surface area contributed by atoms with Crippen LogP contribution in [0.3, 0.4) is 0 Å². The molecule has 4 heteroatoms. The normalized spacial score (nSPS) is 13.3. The van der Waals surface area contributed by atoms with E-state index in [0.29, 0.717) is 6.54 Å². The van der Waals surface area contributed by atoms with E-state index in [4.69, 9.17) is 10.5 Å². The molecule has 0 bridgehead atoms. The second-order valence-corrected chi connectivity index (χ2v) is 5.52. The SMILES string of the molecule is COC(CN)CC(=O)NC(Cc1ccccc1)c1ccccc1. The molecular formula is C19H24N2O2. The van der Waals surface area contributed by atoms with Crippen LogP contribution >= 0.6 is 0 Å². The molecule has 2 rings (SSSR count). The van der Waals surface area contributed by atoms with Crippen LogP contribution in [0.5, 0.6) is 0 Å². The molecule has 0 saturated carbocycles. The van der Waals surface area contributed by atoms with Crippen LogP contribution in [0.15, 0.2) is 60.7 Å². The van der Waals surface area contributed by atoms with E-state index < -0.39 is 0 Å². The maximum absolute atomic E-state index is 12.3. The number of carbonyl (C=O) groups excluding carboxylic acids is 1. The van der Waals surface area contributed by atoms with E-state index in [2.05, 4.69) is 17.4 Å². The third-order valence-electron chi connectivity index (χ3n) is 3.83. The molecule has 122 valence electrons. The van der Waals surface area contributed by atoms with Gasteiger partial charge in [0.05, 0.1) is 18.6 Å². The fourth-order valence-electron chi connectivity index (χ4n) is 2.51. The smallest absolute Gasteiger partial charge is 0.223 e. The summed E-state index contributed by atoms with van der Waals surface area (Å²) in [5, 5.41) is 3.11. The van der Waals surface area contributed by atoms with Crippen molar-refractivity contribution >= 4 is 5.91 Å². The van der Waals surface area contributed by atoms with E-state index >= 15 is 0 Å². The third-order valence-corrected chi connectivity index (χ3v) is 3.83. The lowest BCUT2D eigenvalue weighted by Gasteiger charge is -2.21. The molecule has 3 N–H and O–H groups in total. The molecule has 4 nitrogen and oxygen atoms in total. The number of hydrogen-bond donors (Lipinski definition) is 2. The Balaban J connectivity index is 2.09. The number of nitrogens with two attached hydrogens (primary N) is 1. The minimum Gasteiger partial charge on any atom is -0.380 e. The molecule has 0 aliphatic rings. The van der Waals surface area contributed by atoms with Gasteiger partial charge in [0.25, 0.3) is 0 Å². The van der Waals surface area contributed by atoms with Gasteiger partial charge in [-0.2, -0.15) is 0 Å². The van der Waals surface area contributed by atoms with E-state index in [0.717, 1.165) is 12.0 Å². The average Bonchev–Trinajstić information content (AvgIpc) is 2.60. The minimum absolute atomic E-state index is 0.0490. The molecular weight excluding hydrogens is 288 g/mol. The van der Waals surface area contributed by atoms with E-state index in [1.54, 1.807) is 7.11 Å². The minimum atomic E-state index is -0.247. The zero-order chi connectivity index (χ0) is 16.5. The molecule has 0 aliphatic heterocycles. The highest BCUT2D eigenvalue weighted by atomic mass is 16.5. The second-order valence-electron chi connectivity index (χ2n) is 5.52. The molecule has 2 unspecified atom stereocenters. The molecule has 0 aliphatic carbocycles. The summed E-state index contributed by atoms with van der Waals surface area (Å²) in [6.07, 6.45) is 0.769. The average molecular weight is 312 g/mol. The summed E-state index contributed by atoms with van der Waals surface area (Å²) in [6, 6.07) is 20.1. The van der Waals surface area contributed by atoms with Crippen molar-refractivity contribution in [2.45, 2.75) is 25.0 Å². The van der Waals surface area contributed by atoms with Crippen molar-refractivity contribution < 1.29 is 9.53 Å². The van der Waals surface area contributed by atoms with Gasteiger partial charge in [0, 0.05) is 13.7 Å². The maximum atomic E-state index is 12.3. The molecule has 0 spiro atoms. The maximum Gasteiger partial charge on any atom is 0.223 e. The van der Waals surface area contributed by atoms with Crippen molar-refractivity contribution in [2.75, 3.05) is 13.7 Å². The van der Waals surface area contributed by atoms with Crippen LogP contribution in [-0.2, 0) is 16.0 Å².